The minimum Gasteiger partial charge on any atom is -0.493 e. The zero-order chi connectivity index (χ0) is 21.2. The highest BCUT2D eigenvalue weighted by Gasteiger charge is 2.12. The van der Waals surface area contributed by atoms with Crippen molar-refractivity contribution in [3.63, 3.8) is 0 Å². The van der Waals surface area contributed by atoms with Crippen LogP contribution >= 0.6 is 11.6 Å². The lowest BCUT2D eigenvalue weighted by atomic mass is 10.1. The van der Waals surface area contributed by atoms with Crippen molar-refractivity contribution in [2.75, 3.05) is 19.8 Å². The molecule has 0 fully saturated rings. The van der Waals surface area contributed by atoms with Crippen molar-refractivity contribution in [1.82, 2.24) is 5.43 Å². The molecular formula is C22H27ClN2O4. The Balaban J connectivity index is 1.94. The number of hydrogen-bond acceptors (Lipinski definition) is 5. The van der Waals surface area contributed by atoms with Crippen LogP contribution in [-0.4, -0.2) is 31.9 Å². The second-order valence-corrected chi connectivity index (χ2v) is 6.92. The van der Waals surface area contributed by atoms with Gasteiger partial charge in [0.2, 0.25) is 5.91 Å². The Hall–Kier alpha value is -2.73. The van der Waals surface area contributed by atoms with E-state index in [2.05, 4.69) is 23.5 Å². The highest BCUT2D eigenvalue weighted by molar-refractivity contribution is 6.32. The van der Waals surface area contributed by atoms with Gasteiger partial charge in [0.25, 0.3) is 0 Å². The van der Waals surface area contributed by atoms with Crippen LogP contribution < -0.4 is 19.6 Å². The summed E-state index contributed by atoms with van der Waals surface area (Å²) in [5.74, 6) is 1.64. The number of hydrazone groups is 1. The molecule has 0 heterocycles. The number of nitrogens with zero attached hydrogens (tertiary/aromatic N) is 1. The maximum Gasteiger partial charge on any atom is 0.236 e. The number of ether oxygens (including phenoxy) is 3. The normalized spacial score (nSPS) is 10.8. The van der Waals surface area contributed by atoms with Crippen LogP contribution in [0.15, 0.2) is 35.4 Å². The molecule has 2 aromatic carbocycles. The summed E-state index contributed by atoms with van der Waals surface area (Å²) < 4.78 is 17.3. The van der Waals surface area contributed by atoms with Crippen molar-refractivity contribution in [3.05, 3.63) is 52.0 Å². The molecule has 0 saturated carbocycles. The first-order valence-corrected chi connectivity index (χ1v) is 9.87. The summed E-state index contributed by atoms with van der Waals surface area (Å²) in [7, 11) is 0. The molecule has 156 valence electrons. The van der Waals surface area contributed by atoms with Crippen LogP contribution in [0.4, 0.5) is 0 Å². The molecule has 0 aromatic heterocycles. The predicted octanol–water partition coefficient (Wildman–Crippen LogP) is 4.67. The lowest BCUT2D eigenvalue weighted by molar-refractivity contribution is -0.118. The fourth-order valence-corrected chi connectivity index (χ4v) is 2.91. The number of carbonyl (C=O) groups excluding carboxylic acids is 1. The van der Waals surface area contributed by atoms with Gasteiger partial charge in [-0.1, -0.05) is 29.3 Å². The zero-order valence-corrected chi connectivity index (χ0v) is 18.0. The quantitative estimate of drug-likeness (QED) is 0.345. The molecule has 6 nitrogen and oxygen atoms in total. The summed E-state index contributed by atoms with van der Waals surface area (Å²) in [6.45, 7) is 8.79. The van der Waals surface area contributed by atoms with Crippen molar-refractivity contribution >= 4 is 23.7 Å². The lowest BCUT2D eigenvalue weighted by Gasteiger charge is -2.15. The number of halogens is 1. The van der Waals surface area contributed by atoms with E-state index in [4.69, 9.17) is 25.8 Å². The maximum atomic E-state index is 10.9. The molecule has 0 unspecified atom stereocenters. The fraction of sp³-hybridized carbons (Fsp3) is 0.364. The molecule has 2 rings (SSSR count). The predicted molar refractivity (Wildman–Crippen MR) is 116 cm³/mol. The SMILES string of the molecule is CCOc1cc(/C=N/NC(C)=O)cc(Cl)c1OCCCOc1ccc(C)cc1C. The Labute approximate surface area is 176 Å². The molecule has 7 heteroatoms. The van der Waals surface area contributed by atoms with Gasteiger partial charge in [-0.3, -0.25) is 4.79 Å². The van der Waals surface area contributed by atoms with Crippen molar-refractivity contribution in [2.45, 2.75) is 34.1 Å². The van der Waals surface area contributed by atoms with E-state index in [1.807, 2.05) is 26.0 Å². The van der Waals surface area contributed by atoms with E-state index in [-0.39, 0.29) is 5.91 Å². The molecule has 2 aromatic rings. The summed E-state index contributed by atoms with van der Waals surface area (Å²) in [5.41, 5.74) is 5.37. The molecule has 0 saturated heterocycles. The van der Waals surface area contributed by atoms with Crippen LogP contribution in [0.5, 0.6) is 17.2 Å². The van der Waals surface area contributed by atoms with Gasteiger partial charge in [0.1, 0.15) is 5.75 Å². The summed E-state index contributed by atoms with van der Waals surface area (Å²) in [4.78, 5) is 10.9. The highest BCUT2D eigenvalue weighted by atomic mass is 35.5. The number of aryl methyl sites for hydroxylation is 2. The van der Waals surface area contributed by atoms with Crippen LogP contribution in [0.1, 0.15) is 37.0 Å². The number of carbonyl (C=O) groups is 1. The average Bonchev–Trinajstić information content (AvgIpc) is 2.64. The van der Waals surface area contributed by atoms with Crippen LogP contribution in [0.2, 0.25) is 5.02 Å². The van der Waals surface area contributed by atoms with Crippen LogP contribution in [0.25, 0.3) is 0 Å². The number of nitrogens with one attached hydrogen (secondary N) is 1. The first-order chi connectivity index (χ1) is 13.9. The van der Waals surface area contributed by atoms with Crippen LogP contribution in [-0.2, 0) is 4.79 Å². The van der Waals surface area contributed by atoms with Gasteiger partial charge in [-0.2, -0.15) is 5.10 Å². The third-order valence-corrected chi connectivity index (χ3v) is 4.17. The summed E-state index contributed by atoms with van der Waals surface area (Å²) in [6.07, 6.45) is 2.19. The Kier molecular flexibility index (Phi) is 8.80. The van der Waals surface area contributed by atoms with Gasteiger partial charge in [0.05, 0.1) is 31.1 Å². The smallest absolute Gasteiger partial charge is 0.236 e. The minimum atomic E-state index is -0.250. The molecule has 0 aliphatic heterocycles. The molecule has 1 N–H and O–H groups in total. The number of hydrogen-bond donors (Lipinski definition) is 1. The van der Waals surface area contributed by atoms with Crippen molar-refractivity contribution in [1.29, 1.82) is 0 Å². The topological polar surface area (TPSA) is 69.2 Å². The van der Waals surface area contributed by atoms with E-state index in [0.717, 1.165) is 11.3 Å². The van der Waals surface area contributed by atoms with E-state index in [1.165, 1.54) is 18.7 Å². The average molecular weight is 419 g/mol. The fourth-order valence-electron chi connectivity index (χ4n) is 2.64. The first-order valence-electron chi connectivity index (χ1n) is 9.49. The van der Waals surface area contributed by atoms with Gasteiger partial charge in [-0.25, -0.2) is 5.43 Å². The van der Waals surface area contributed by atoms with E-state index in [0.29, 0.717) is 48.3 Å². The highest BCUT2D eigenvalue weighted by Crippen LogP contribution is 2.36. The second kappa shape index (κ2) is 11.3. The van der Waals surface area contributed by atoms with Crippen LogP contribution in [0, 0.1) is 13.8 Å². The monoisotopic (exact) mass is 418 g/mol. The van der Waals surface area contributed by atoms with Crippen molar-refractivity contribution in [2.24, 2.45) is 5.10 Å². The zero-order valence-electron chi connectivity index (χ0n) is 17.3. The van der Waals surface area contributed by atoms with Crippen molar-refractivity contribution < 1.29 is 19.0 Å². The molecule has 29 heavy (non-hydrogen) atoms. The van der Waals surface area contributed by atoms with E-state index in [9.17, 15) is 4.79 Å². The standard InChI is InChI=1S/C22H27ClN2O4/c1-5-27-21-13-18(14-24-25-17(4)26)12-19(23)22(21)29-10-6-9-28-20-8-7-15(2)11-16(20)3/h7-8,11-14H,5-6,9-10H2,1-4H3,(H,25,26)/b24-14+. The Bertz CT molecular complexity index is 868. The largest absolute Gasteiger partial charge is 0.493 e. The van der Waals surface area contributed by atoms with Gasteiger partial charge in [0, 0.05) is 13.3 Å². The summed E-state index contributed by atoms with van der Waals surface area (Å²) in [5, 5.41) is 4.26. The minimum absolute atomic E-state index is 0.250. The third-order valence-electron chi connectivity index (χ3n) is 3.89. The number of benzene rings is 2. The molecule has 0 aliphatic carbocycles. The van der Waals surface area contributed by atoms with E-state index in [1.54, 1.807) is 12.1 Å². The maximum absolute atomic E-state index is 10.9. The van der Waals surface area contributed by atoms with E-state index >= 15 is 0 Å². The number of rotatable bonds is 10. The van der Waals surface area contributed by atoms with Gasteiger partial charge in [-0.15, -0.1) is 0 Å². The Morgan fingerprint density at radius 2 is 1.86 bits per heavy atom. The first kappa shape index (κ1) is 22.6. The van der Waals surface area contributed by atoms with E-state index < -0.39 is 0 Å². The lowest BCUT2D eigenvalue weighted by Crippen LogP contribution is -2.12. The molecule has 1 amide bonds. The van der Waals surface area contributed by atoms with Gasteiger partial charge in [0.15, 0.2) is 11.5 Å². The summed E-state index contributed by atoms with van der Waals surface area (Å²) >= 11 is 6.37. The van der Waals surface area contributed by atoms with Gasteiger partial charge >= 0.3 is 0 Å². The van der Waals surface area contributed by atoms with Crippen LogP contribution in [0.3, 0.4) is 0 Å². The van der Waals surface area contributed by atoms with Crippen molar-refractivity contribution in [3.8, 4) is 17.2 Å². The van der Waals surface area contributed by atoms with Gasteiger partial charge in [-0.05, 0) is 50.1 Å². The summed E-state index contributed by atoms with van der Waals surface area (Å²) in [6, 6.07) is 9.58. The molecule has 0 aliphatic rings. The Morgan fingerprint density at radius 3 is 2.55 bits per heavy atom. The molecule has 0 spiro atoms. The third kappa shape index (κ3) is 7.31. The molecular weight excluding hydrogens is 392 g/mol. The Morgan fingerprint density at radius 1 is 1.10 bits per heavy atom. The number of amides is 1. The molecule has 0 atom stereocenters. The van der Waals surface area contributed by atoms with Gasteiger partial charge < -0.3 is 14.2 Å². The molecule has 0 radical (unpaired) electrons. The second-order valence-electron chi connectivity index (χ2n) is 6.51. The molecule has 0 bridgehead atoms.